The summed E-state index contributed by atoms with van der Waals surface area (Å²) in [6, 6.07) is 14.8. The number of thioether (sulfide) groups is 1. The van der Waals surface area contributed by atoms with E-state index in [1.165, 1.54) is 23.9 Å². The molecule has 0 radical (unpaired) electrons. The number of benzene rings is 3. The number of hydrogen-bond acceptors (Lipinski definition) is 7. The number of carbonyl (C=O) groups is 1. The van der Waals surface area contributed by atoms with Gasteiger partial charge in [0.15, 0.2) is 11.9 Å². The summed E-state index contributed by atoms with van der Waals surface area (Å²) in [6.45, 7) is 1.34. The molecule has 0 spiro atoms. The molecule has 0 aliphatic carbocycles. The van der Waals surface area contributed by atoms with E-state index >= 15 is 0 Å². The van der Waals surface area contributed by atoms with Gasteiger partial charge in [0.2, 0.25) is 0 Å². The van der Waals surface area contributed by atoms with Crippen LogP contribution in [0.2, 0.25) is 5.02 Å². The molecule has 0 fully saturated rings. The van der Waals surface area contributed by atoms with Crippen molar-refractivity contribution in [2.75, 3.05) is 27.1 Å². The van der Waals surface area contributed by atoms with Crippen molar-refractivity contribution in [1.82, 2.24) is 14.9 Å². The van der Waals surface area contributed by atoms with E-state index in [0.717, 1.165) is 5.56 Å². The molecule has 202 valence electrons. The number of carbonyl (C=O) groups excluding carboxylic acids is 1. The minimum Gasteiger partial charge on any atom is -0.467 e. The van der Waals surface area contributed by atoms with Gasteiger partial charge >= 0.3 is 0 Å². The Morgan fingerprint density at radius 3 is 2.82 bits per heavy atom. The van der Waals surface area contributed by atoms with Gasteiger partial charge in [0.25, 0.3) is 11.5 Å². The number of hydrogen-bond donors (Lipinski definition) is 1. The Kier molecular flexibility index (Phi) is 8.47. The van der Waals surface area contributed by atoms with Crippen LogP contribution in [-0.4, -0.2) is 42.5 Å². The van der Waals surface area contributed by atoms with Gasteiger partial charge in [-0.15, -0.1) is 0 Å². The van der Waals surface area contributed by atoms with Gasteiger partial charge in [-0.25, -0.2) is 9.37 Å². The summed E-state index contributed by atoms with van der Waals surface area (Å²) in [5.74, 6) is 0.196. The van der Waals surface area contributed by atoms with Gasteiger partial charge in [0.05, 0.1) is 30.7 Å². The second kappa shape index (κ2) is 12.2. The van der Waals surface area contributed by atoms with Gasteiger partial charge in [-0.1, -0.05) is 35.5 Å². The summed E-state index contributed by atoms with van der Waals surface area (Å²) in [4.78, 5) is 31.0. The number of methoxy groups -OCH3 is 1. The zero-order valence-corrected chi connectivity index (χ0v) is 22.6. The van der Waals surface area contributed by atoms with E-state index in [4.69, 9.17) is 30.8 Å². The first-order valence-corrected chi connectivity index (χ1v) is 13.5. The molecule has 0 saturated heterocycles. The van der Waals surface area contributed by atoms with E-state index in [1.54, 1.807) is 42.0 Å². The standard InChI is InChI=1S/C28H25ClFN3O5S/c1-36-9-8-31-26(34)18-4-7-23-24(12-18)32-28(33(27(23)35)13-17-2-5-21(29)6-3-17)39-15-20-11-22(30)10-19-14-37-16-38-25(19)20/h2-7,10-12H,8-9,13-16H2,1H3,(H,31,34). The van der Waals surface area contributed by atoms with Gasteiger partial charge in [-0.2, -0.15) is 0 Å². The quantitative estimate of drug-likeness (QED) is 0.176. The molecule has 11 heteroatoms. The Morgan fingerprint density at radius 2 is 2.03 bits per heavy atom. The van der Waals surface area contributed by atoms with E-state index < -0.39 is 5.82 Å². The Morgan fingerprint density at radius 1 is 1.21 bits per heavy atom. The Balaban J connectivity index is 1.53. The lowest BCUT2D eigenvalue weighted by Gasteiger charge is -2.21. The zero-order chi connectivity index (χ0) is 27.4. The van der Waals surface area contributed by atoms with Crippen LogP contribution in [0.3, 0.4) is 0 Å². The molecule has 1 amide bonds. The highest BCUT2D eigenvalue weighted by Crippen LogP contribution is 2.34. The third-order valence-corrected chi connectivity index (χ3v) is 7.41. The summed E-state index contributed by atoms with van der Waals surface area (Å²) < 4.78 is 31.8. The lowest BCUT2D eigenvalue weighted by atomic mass is 10.1. The summed E-state index contributed by atoms with van der Waals surface area (Å²) in [6.07, 6.45) is 0. The van der Waals surface area contributed by atoms with Crippen LogP contribution in [-0.2, 0) is 28.4 Å². The lowest BCUT2D eigenvalue weighted by molar-refractivity contribution is -0.0171. The Labute approximate surface area is 233 Å². The molecular weight excluding hydrogens is 545 g/mol. The van der Waals surface area contributed by atoms with Crippen LogP contribution in [0.15, 0.2) is 64.5 Å². The van der Waals surface area contributed by atoms with Gasteiger partial charge in [-0.05, 0) is 48.0 Å². The van der Waals surface area contributed by atoms with Crippen molar-refractivity contribution in [3.05, 3.63) is 98.0 Å². The highest BCUT2D eigenvalue weighted by molar-refractivity contribution is 7.98. The van der Waals surface area contributed by atoms with E-state index in [1.807, 2.05) is 12.1 Å². The highest BCUT2D eigenvalue weighted by atomic mass is 35.5. The van der Waals surface area contributed by atoms with Crippen LogP contribution in [0.1, 0.15) is 27.0 Å². The maximum atomic E-state index is 14.3. The van der Waals surface area contributed by atoms with E-state index in [9.17, 15) is 14.0 Å². The first-order chi connectivity index (χ1) is 18.9. The predicted molar refractivity (Wildman–Crippen MR) is 147 cm³/mol. The molecule has 2 heterocycles. The van der Waals surface area contributed by atoms with Crippen LogP contribution in [0.25, 0.3) is 10.9 Å². The smallest absolute Gasteiger partial charge is 0.262 e. The molecule has 0 bridgehead atoms. The fraction of sp³-hybridized carbons (Fsp3) is 0.250. The van der Waals surface area contributed by atoms with Crippen LogP contribution >= 0.6 is 23.4 Å². The summed E-state index contributed by atoms with van der Waals surface area (Å²) >= 11 is 7.33. The van der Waals surface area contributed by atoms with E-state index in [2.05, 4.69) is 5.32 Å². The van der Waals surface area contributed by atoms with Crippen molar-refractivity contribution in [1.29, 1.82) is 0 Å². The third kappa shape index (κ3) is 6.25. The lowest BCUT2D eigenvalue weighted by Crippen LogP contribution is -2.27. The first kappa shape index (κ1) is 27.1. The molecule has 0 saturated carbocycles. The second-order valence-electron chi connectivity index (χ2n) is 8.85. The number of fused-ring (bicyclic) bond motifs is 2. The molecule has 39 heavy (non-hydrogen) atoms. The predicted octanol–water partition coefficient (Wildman–Crippen LogP) is 4.77. The molecule has 3 aromatic carbocycles. The molecule has 1 aliphatic rings. The Bertz CT molecular complexity index is 1580. The van der Waals surface area contributed by atoms with Crippen molar-refractivity contribution in [2.45, 2.75) is 24.1 Å². The number of halogens is 2. The maximum Gasteiger partial charge on any atom is 0.262 e. The van der Waals surface area contributed by atoms with Crippen LogP contribution in [0, 0.1) is 5.82 Å². The normalized spacial score (nSPS) is 12.7. The largest absolute Gasteiger partial charge is 0.467 e. The fourth-order valence-corrected chi connectivity index (χ4v) is 5.33. The van der Waals surface area contributed by atoms with Gasteiger partial charge in [0.1, 0.15) is 11.6 Å². The number of nitrogens with zero attached hydrogens (tertiary/aromatic N) is 2. The minimum absolute atomic E-state index is 0.0843. The minimum atomic E-state index is -0.396. The fourth-order valence-electron chi connectivity index (χ4n) is 4.24. The number of rotatable bonds is 9. The van der Waals surface area contributed by atoms with Gasteiger partial charge in [0, 0.05) is 41.1 Å². The monoisotopic (exact) mass is 569 g/mol. The summed E-state index contributed by atoms with van der Waals surface area (Å²) in [7, 11) is 1.56. The molecule has 8 nitrogen and oxygen atoms in total. The van der Waals surface area contributed by atoms with Crippen molar-refractivity contribution in [2.24, 2.45) is 0 Å². The maximum absolute atomic E-state index is 14.3. The summed E-state index contributed by atoms with van der Waals surface area (Å²) in [5.41, 5.74) is 2.64. The molecule has 5 rings (SSSR count). The van der Waals surface area contributed by atoms with Crippen LogP contribution in [0.4, 0.5) is 4.39 Å². The molecule has 0 unspecified atom stereocenters. The van der Waals surface area contributed by atoms with Crippen molar-refractivity contribution in [3.63, 3.8) is 0 Å². The molecule has 1 aromatic heterocycles. The SMILES string of the molecule is COCCNC(=O)c1ccc2c(=O)n(Cc3ccc(Cl)cc3)c(SCc3cc(F)cc4c3OCOC4)nc2c1. The van der Waals surface area contributed by atoms with E-state index in [-0.39, 0.29) is 31.4 Å². The van der Waals surface area contributed by atoms with Crippen molar-refractivity contribution >= 4 is 40.2 Å². The molecule has 4 aromatic rings. The van der Waals surface area contributed by atoms with Crippen LogP contribution in [0.5, 0.6) is 5.75 Å². The Hall–Kier alpha value is -3.44. The van der Waals surface area contributed by atoms with E-state index in [0.29, 0.717) is 62.4 Å². The zero-order valence-electron chi connectivity index (χ0n) is 21.0. The van der Waals surface area contributed by atoms with Crippen molar-refractivity contribution < 1.29 is 23.4 Å². The van der Waals surface area contributed by atoms with Gasteiger partial charge < -0.3 is 19.5 Å². The number of aromatic nitrogens is 2. The van der Waals surface area contributed by atoms with Crippen LogP contribution < -0.4 is 15.6 Å². The number of nitrogens with one attached hydrogen (secondary N) is 1. The highest BCUT2D eigenvalue weighted by Gasteiger charge is 2.19. The third-order valence-electron chi connectivity index (χ3n) is 6.14. The average Bonchev–Trinajstić information content (AvgIpc) is 2.94. The number of amides is 1. The van der Waals surface area contributed by atoms with Crippen molar-refractivity contribution in [3.8, 4) is 5.75 Å². The first-order valence-electron chi connectivity index (χ1n) is 12.1. The summed E-state index contributed by atoms with van der Waals surface area (Å²) in [5, 5.41) is 4.16. The molecule has 0 atom stereocenters. The molecular formula is C28H25ClFN3O5S. The molecule has 1 aliphatic heterocycles. The molecule has 1 N–H and O–H groups in total. The second-order valence-corrected chi connectivity index (χ2v) is 10.2. The number of ether oxygens (including phenoxy) is 3. The average molecular weight is 570 g/mol. The van der Waals surface area contributed by atoms with Gasteiger partial charge in [-0.3, -0.25) is 14.2 Å². The topological polar surface area (TPSA) is 91.7 Å².